The standard InChI is InChI=1S/C25H28ClN5O/c26-19-8-6-18(7-9-19)24-22(30-14-2-1-5-23(30)27-24)17-28-15-20-10-11-21(16-28)31(20)25(32)29-12-3-4-13-29/h1-2,5-9,14,20-21H,3-4,10-13,15-17H2. The largest absolute Gasteiger partial charge is 0.325 e. The van der Waals surface area contributed by atoms with Crippen LogP contribution in [0.2, 0.25) is 5.02 Å². The first-order valence-corrected chi connectivity index (χ1v) is 12.1. The van der Waals surface area contributed by atoms with Gasteiger partial charge < -0.3 is 14.2 Å². The third-order valence-electron chi connectivity index (χ3n) is 7.28. The van der Waals surface area contributed by atoms with E-state index in [1.165, 1.54) is 5.69 Å². The number of hydrogen-bond acceptors (Lipinski definition) is 3. The monoisotopic (exact) mass is 449 g/mol. The zero-order valence-corrected chi connectivity index (χ0v) is 18.9. The summed E-state index contributed by atoms with van der Waals surface area (Å²) in [4.78, 5) is 24.9. The molecule has 6 rings (SSSR count). The van der Waals surface area contributed by atoms with Crippen molar-refractivity contribution in [2.75, 3.05) is 26.2 Å². The lowest BCUT2D eigenvalue weighted by Gasteiger charge is -2.42. The van der Waals surface area contributed by atoms with Crippen LogP contribution >= 0.6 is 11.6 Å². The molecule has 3 fully saturated rings. The van der Waals surface area contributed by atoms with Crippen LogP contribution in [-0.4, -0.2) is 68.4 Å². The van der Waals surface area contributed by atoms with Gasteiger partial charge >= 0.3 is 6.03 Å². The minimum Gasteiger partial charge on any atom is -0.325 e. The molecular weight excluding hydrogens is 422 g/mol. The Morgan fingerprint density at radius 3 is 2.44 bits per heavy atom. The lowest BCUT2D eigenvalue weighted by molar-refractivity contribution is 0.0684. The Hall–Kier alpha value is -2.57. The third kappa shape index (κ3) is 3.46. The molecular formula is C25H28ClN5O. The summed E-state index contributed by atoms with van der Waals surface area (Å²) in [6, 6.07) is 15.0. The molecule has 0 spiro atoms. The van der Waals surface area contributed by atoms with Crippen LogP contribution in [0.15, 0.2) is 48.7 Å². The molecule has 3 aliphatic heterocycles. The molecule has 5 heterocycles. The van der Waals surface area contributed by atoms with Crippen LogP contribution in [0.3, 0.4) is 0 Å². The van der Waals surface area contributed by atoms with E-state index in [0.29, 0.717) is 12.1 Å². The average Bonchev–Trinajstić information content (AvgIpc) is 3.52. The number of likely N-dealkylation sites (tertiary alicyclic amines) is 2. The predicted molar refractivity (Wildman–Crippen MR) is 126 cm³/mol. The molecule has 2 aromatic heterocycles. The number of rotatable bonds is 3. The SMILES string of the molecule is O=C(N1CCCC1)N1C2CCC1CN(Cc1c(-c3ccc(Cl)cc3)nc3ccccn13)C2. The van der Waals surface area contributed by atoms with Gasteiger partial charge in [-0.3, -0.25) is 4.90 Å². The number of carbonyl (C=O) groups excluding carboxylic acids is 1. The van der Waals surface area contributed by atoms with Gasteiger partial charge in [-0.15, -0.1) is 0 Å². The second-order valence-electron chi connectivity index (χ2n) is 9.31. The first-order chi connectivity index (χ1) is 15.7. The Labute approximate surface area is 193 Å². The highest BCUT2D eigenvalue weighted by Crippen LogP contribution is 2.34. The maximum absolute atomic E-state index is 13.1. The van der Waals surface area contributed by atoms with Crippen LogP contribution in [0.1, 0.15) is 31.4 Å². The highest BCUT2D eigenvalue weighted by atomic mass is 35.5. The van der Waals surface area contributed by atoms with Gasteiger partial charge in [0.25, 0.3) is 0 Å². The summed E-state index contributed by atoms with van der Waals surface area (Å²) in [5.41, 5.74) is 4.25. The molecule has 32 heavy (non-hydrogen) atoms. The van der Waals surface area contributed by atoms with E-state index in [4.69, 9.17) is 16.6 Å². The van der Waals surface area contributed by atoms with Crippen molar-refractivity contribution in [1.29, 1.82) is 0 Å². The van der Waals surface area contributed by atoms with Gasteiger partial charge in [0, 0.05) is 61.6 Å². The number of nitrogens with zero attached hydrogens (tertiary/aromatic N) is 5. The highest BCUT2D eigenvalue weighted by molar-refractivity contribution is 6.30. The molecule has 2 atom stereocenters. The molecule has 2 bridgehead atoms. The number of fused-ring (bicyclic) bond motifs is 3. The van der Waals surface area contributed by atoms with Crippen molar-refractivity contribution in [2.24, 2.45) is 0 Å². The van der Waals surface area contributed by atoms with E-state index in [2.05, 4.69) is 37.4 Å². The van der Waals surface area contributed by atoms with Crippen LogP contribution in [-0.2, 0) is 6.54 Å². The summed E-state index contributed by atoms with van der Waals surface area (Å²) in [5, 5.41) is 0.731. The van der Waals surface area contributed by atoms with Crippen molar-refractivity contribution in [2.45, 2.75) is 44.3 Å². The van der Waals surface area contributed by atoms with Gasteiger partial charge in [0.15, 0.2) is 0 Å². The number of halogens is 1. The molecule has 0 radical (unpaired) electrons. The Morgan fingerprint density at radius 1 is 1.00 bits per heavy atom. The van der Waals surface area contributed by atoms with Gasteiger partial charge in [0.1, 0.15) is 5.65 Å². The molecule has 166 valence electrons. The molecule has 3 aromatic rings. The maximum atomic E-state index is 13.1. The van der Waals surface area contributed by atoms with Crippen molar-refractivity contribution in [3.05, 3.63) is 59.4 Å². The Bertz CT molecular complexity index is 1120. The normalized spacial score (nSPS) is 23.4. The van der Waals surface area contributed by atoms with Gasteiger partial charge in [-0.1, -0.05) is 29.8 Å². The van der Waals surface area contributed by atoms with E-state index < -0.39 is 0 Å². The lowest BCUT2D eigenvalue weighted by atomic mass is 10.1. The second kappa shape index (κ2) is 8.09. The lowest BCUT2D eigenvalue weighted by Crippen LogP contribution is -2.58. The molecule has 6 nitrogen and oxygen atoms in total. The van der Waals surface area contributed by atoms with E-state index in [0.717, 1.165) is 80.3 Å². The molecule has 2 unspecified atom stereocenters. The van der Waals surface area contributed by atoms with Gasteiger partial charge in [-0.05, 0) is 49.9 Å². The predicted octanol–water partition coefficient (Wildman–Crippen LogP) is 4.52. The first kappa shape index (κ1) is 20.1. The van der Waals surface area contributed by atoms with Gasteiger partial charge in [-0.25, -0.2) is 9.78 Å². The Morgan fingerprint density at radius 2 is 1.72 bits per heavy atom. The number of pyridine rings is 1. The van der Waals surface area contributed by atoms with Crippen molar-refractivity contribution in [3.8, 4) is 11.3 Å². The molecule has 0 saturated carbocycles. The van der Waals surface area contributed by atoms with Crippen molar-refractivity contribution in [1.82, 2.24) is 24.1 Å². The van der Waals surface area contributed by atoms with Gasteiger partial charge in [0.05, 0.1) is 11.4 Å². The smallest absolute Gasteiger partial charge is 0.320 e. The number of amides is 2. The maximum Gasteiger partial charge on any atom is 0.320 e. The van der Waals surface area contributed by atoms with Gasteiger partial charge in [0.2, 0.25) is 0 Å². The van der Waals surface area contributed by atoms with Crippen LogP contribution in [0.4, 0.5) is 4.79 Å². The Balaban J connectivity index is 1.27. The Kier molecular flexibility index (Phi) is 5.07. The number of imidazole rings is 1. The number of benzene rings is 1. The van der Waals surface area contributed by atoms with Crippen LogP contribution < -0.4 is 0 Å². The molecule has 1 aromatic carbocycles. The number of carbonyl (C=O) groups is 1. The topological polar surface area (TPSA) is 44.1 Å². The molecule has 2 amide bonds. The van der Waals surface area contributed by atoms with E-state index >= 15 is 0 Å². The summed E-state index contributed by atoms with van der Waals surface area (Å²) in [7, 11) is 0. The number of urea groups is 1. The summed E-state index contributed by atoms with van der Waals surface area (Å²) in [6.45, 7) is 4.52. The van der Waals surface area contributed by atoms with E-state index in [1.54, 1.807) is 0 Å². The fraction of sp³-hybridized carbons (Fsp3) is 0.440. The summed E-state index contributed by atoms with van der Waals surface area (Å²) in [6.07, 6.45) is 6.60. The quantitative estimate of drug-likeness (QED) is 0.590. The van der Waals surface area contributed by atoms with Crippen molar-refractivity contribution < 1.29 is 4.79 Å². The zero-order chi connectivity index (χ0) is 21.7. The van der Waals surface area contributed by atoms with E-state index in [-0.39, 0.29) is 6.03 Å². The molecule has 3 saturated heterocycles. The van der Waals surface area contributed by atoms with E-state index in [9.17, 15) is 4.79 Å². The second-order valence-corrected chi connectivity index (χ2v) is 9.74. The van der Waals surface area contributed by atoms with Crippen molar-refractivity contribution >= 4 is 23.3 Å². The first-order valence-electron chi connectivity index (χ1n) is 11.7. The number of piperazine rings is 1. The summed E-state index contributed by atoms with van der Waals surface area (Å²) < 4.78 is 2.20. The zero-order valence-electron chi connectivity index (χ0n) is 18.2. The summed E-state index contributed by atoms with van der Waals surface area (Å²) >= 11 is 6.13. The minimum absolute atomic E-state index is 0.270. The number of hydrogen-bond donors (Lipinski definition) is 0. The van der Waals surface area contributed by atoms with Crippen LogP contribution in [0, 0.1) is 0 Å². The average molecular weight is 450 g/mol. The minimum atomic E-state index is 0.270. The molecule has 7 heteroatoms. The van der Waals surface area contributed by atoms with Crippen LogP contribution in [0.25, 0.3) is 16.9 Å². The van der Waals surface area contributed by atoms with Crippen LogP contribution in [0.5, 0.6) is 0 Å². The fourth-order valence-electron chi connectivity index (χ4n) is 5.75. The highest BCUT2D eigenvalue weighted by Gasteiger charge is 2.44. The number of aromatic nitrogens is 2. The molecule has 0 N–H and O–H groups in total. The summed E-state index contributed by atoms with van der Waals surface area (Å²) in [5.74, 6) is 0. The fourth-order valence-corrected chi connectivity index (χ4v) is 5.88. The van der Waals surface area contributed by atoms with E-state index in [1.807, 2.05) is 30.3 Å². The third-order valence-corrected chi connectivity index (χ3v) is 7.53. The molecule has 3 aliphatic rings. The van der Waals surface area contributed by atoms with Gasteiger partial charge in [-0.2, -0.15) is 0 Å². The van der Waals surface area contributed by atoms with Crippen molar-refractivity contribution in [3.63, 3.8) is 0 Å². The molecule has 0 aliphatic carbocycles.